The number of aryl methyl sites for hydroxylation is 1. The number of nitrogens with one attached hydrogen (secondary N) is 1. The van der Waals surface area contributed by atoms with Gasteiger partial charge < -0.3 is 0 Å². The lowest BCUT2D eigenvalue weighted by atomic mass is 9.77. The minimum absolute atomic E-state index is 0.0404. The van der Waals surface area contributed by atoms with Crippen LogP contribution >= 0.6 is 0 Å². The van der Waals surface area contributed by atoms with Crippen molar-refractivity contribution >= 4 is 0 Å². The normalized spacial score (nSPS) is 15.4. The molecule has 0 aliphatic carbocycles. The second kappa shape index (κ2) is 5.97. The van der Waals surface area contributed by atoms with Crippen molar-refractivity contribution in [2.75, 3.05) is 0 Å². The molecule has 1 aromatic carbocycles. The lowest BCUT2D eigenvalue weighted by Gasteiger charge is -2.31. The molecule has 0 aliphatic heterocycles. The Morgan fingerprint density at radius 2 is 1.84 bits per heavy atom. The van der Waals surface area contributed by atoms with Crippen molar-refractivity contribution in [1.29, 1.82) is 0 Å². The van der Waals surface area contributed by atoms with Crippen LogP contribution < -0.4 is 11.3 Å². The number of hydrogen-bond acceptors (Lipinski definition) is 2. The Bertz CT molecular complexity index is 439. The van der Waals surface area contributed by atoms with Crippen LogP contribution in [-0.4, -0.2) is 0 Å². The van der Waals surface area contributed by atoms with Crippen molar-refractivity contribution in [1.82, 2.24) is 5.43 Å². The topological polar surface area (TPSA) is 38.0 Å². The summed E-state index contributed by atoms with van der Waals surface area (Å²) < 4.78 is 28.0. The average molecular weight is 270 g/mol. The van der Waals surface area contributed by atoms with Gasteiger partial charge in [-0.2, -0.15) is 0 Å². The highest BCUT2D eigenvalue weighted by molar-refractivity contribution is 5.29. The van der Waals surface area contributed by atoms with Crippen LogP contribution in [0, 0.1) is 29.9 Å². The van der Waals surface area contributed by atoms with Crippen molar-refractivity contribution < 1.29 is 8.78 Å². The third-order valence-electron chi connectivity index (χ3n) is 3.94. The zero-order chi connectivity index (χ0) is 14.8. The van der Waals surface area contributed by atoms with Crippen molar-refractivity contribution in [3.05, 3.63) is 34.9 Å². The summed E-state index contributed by atoms with van der Waals surface area (Å²) in [6.45, 7) is 10.0. The number of benzene rings is 1. The zero-order valence-corrected chi connectivity index (χ0v) is 12.3. The monoisotopic (exact) mass is 270 g/mol. The van der Waals surface area contributed by atoms with Gasteiger partial charge in [-0.05, 0) is 36.3 Å². The minimum atomic E-state index is -0.549. The van der Waals surface area contributed by atoms with Crippen molar-refractivity contribution in [2.24, 2.45) is 17.2 Å². The number of hydrogen-bond donors (Lipinski definition) is 2. The van der Waals surface area contributed by atoms with E-state index in [1.165, 1.54) is 12.1 Å². The smallest absolute Gasteiger partial charge is 0.133 e. The van der Waals surface area contributed by atoms with Crippen LogP contribution in [0.25, 0.3) is 0 Å². The van der Waals surface area contributed by atoms with Gasteiger partial charge in [-0.1, -0.05) is 33.8 Å². The maximum absolute atomic E-state index is 14.1. The molecule has 0 amide bonds. The molecule has 0 radical (unpaired) electrons. The Morgan fingerprint density at radius 3 is 2.32 bits per heavy atom. The Labute approximate surface area is 114 Å². The second-order valence-electron chi connectivity index (χ2n) is 6.31. The van der Waals surface area contributed by atoms with Gasteiger partial charge in [0.15, 0.2) is 0 Å². The fraction of sp³-hybridized carbons (Fsp3) is 0.600. The molecule has 2 nitrogen and oxygen atoms in total. The van der Waals surface area contributed by atoms with Crippen molar-refractivity contribution in [2.45, 2.75) is 47.1 Å². The Balaban J connectivity index is 3.08. The summed E-state index contributed by atoms with van der Waals surface area (Å²) in [6, 6.07) is 2.21. The molecule has 108 valence electrons. The molecule has 2 unspecified atom stereocenters. The summed E-state index contributed by atoms with van der Waals surface area (Å²) in [5.41, 5.74) is 3.08. The SMILES string of the molecule is Cc1ccc(F)c(C(CC(C)C(C)(C)C)NN)c1F. The number of rotatable bonds is 4. The standard InChI is InChI=1S/C15H24F2N2/c1-9-6-7-11(16)13(14(9)17)12(19-18)8-10(2)15(3,4)5/h6-7,10,12,19H,8,18H2,1-5H3. The molecule has 0 aliphatic rings. The summed E-state index contributed by atoms with van der Waals surface area (Å²) in [7, 11) is 0. The van der Waals surface area contributed by atoms with Gasteiger partial charge in [0.1, 0.15) is 11.6 Å². The third-order valence-corrected chi connectivity index (χ3v) is 3.94. The van der Waals surface area contributed by atoms with Gasteiger partial charge >= 0.3 is 0 Å². The summed E-state index contributed by atoms with van der Waals surface area (Å²) in [5, 5.41) is 0. The van der Waals surface area contributed by atoms with Crippen molar-refractivity contribution in [3.63, 3.8) is 0 Å². The first kappa shape index (κ1) is 16.1. The molecule has 0 saturated heterocycles. The average Bonchev–Trinajstić information content (AvgIpc) is 2.31. The highest BCUT2D eigenvalue weighted by Crippen LogP contribution is 2.34. The first-order valence-corrected chi connectivity index (χ1v) is 6.59. The molecular weight excluding hydrogens is 246 g/mol. The van der Waals surface area contributed by atoms with Gasteiger partial charge in [-0.25, -0.2) is 8.78 Å². The second-order valence-corrected chi connectivity index (χ2v) is 6.31. The van der Waals surface area contributed by atoms with Crippen LogP contribution in [0.5, 0.6) is 0 Å². The van der Waals surface area contributed by atoms with Crippen LogP contribution in [0.4, 0.5) is 8.78 Å². The van der Waals surface area contributed by atoms with E-state index in [-0.39, 0.29) is 16.9 Å². The van der Waals surface area contributed by atoms with Crippen LogP contribution in [0.2, 0.25) is 0 Å². The maximum Gasteiger partial charge on any atom is 0.133 e. The molecule has 0 aromatic heterocycles. The van der Waals surface area contributed by atoms with E-state index in [9.17, 15) is 8.78 Å². The molecule has 4 heteroatoms. The Morgan fingerprint density at radius 1 is 1.26 bits per heavy atom. The van der Waals surface area contributed by atoms with E-state index in [0.717, 1.165) is 0 Å². The minimum Gasteiger partial charge on any atom is -0.271 e. The lowest BCUT2D eigenvalue weighted by Crippen LogP contribution is -2.33. The maximum atomic E-state index is 14.1. The summed E-state index contributed by atoms with van der Waals surface area (Å²) in [6.07, 6.45) is 0.581. The van der Waals surface area contributed by atoms with E-state index in [0.29, 0.717) is 12.0 Å². The van der Waals surface area contributed by atoms with Crippen LogP contribution in [0.3, 0.4) is 0 Å². The summed E-state index contributed by atoms with van der Waals surface area (Å²) >= 11 is 0. The highest BCUT2D eigenvalue weighted by atomic mass is 19.1. The van der Waals surface area contributed by atoms with E-state index < -0.39 is 17.7 Å². The van der Waals surface area contributed by atoms with E-state index >= 15 is 0 Å². The first-order chi connectivity index (χ1) is 8.68. The predicted molar refractivity (Wildman–Crippen MR) is 74.4 cm³/mol. The summed E-state index contributed by atoms with van der Waals surface area (Å²) in [4.78, 5) is 0. The van der Waals surface area contributed by atoms with E-state index in [1.54, 1.807) is 6.92 Å². The highest BCUT2D eigenvalue weighted by Gasteiger charge is 2.27. The van der Waals surface area contributed by atoms with E-state index in [4.69, 9.17) is 5.84 Å². The molecule has 2 atom stereocenters. The molecule has 0 spiro atoms. The van der Waals surface area contributed by atoms with Crippen molar-refractivity contribution in [3.8, 4) is 0 Å². The zero-order valence-electron chi connectivity index (χ0n) is 12.3. The van der Waals surface area contributed by atoms with Gasteiger partial charge in [-0.15, -0.1) is 0 Å². The molecule has 1 aromatic rings. The van der Waals surface area contributed by atoms with Crippen LogP contribution in [0.15, 0.2) is 12.1 Å². The molecule has 19 heavy (non-hydrogen) atoms. The lowest BCUT2D eigenvalue weighted by molar-refractivity contribution is 0.220. The molecule has 3 N–H and O–H groups in total. The molecule has 0 saturated carbocycles. The predicted octanol–water partition coefficient (Wildman–Crippen LogP) is 3.85. The van der Waals surface area contributed by atoms with Gasteiger partial charge in [-0.3, -0.25) is 11.3 Å². The van der Waals surface area contributed by atoms with Gasteiger partial charge in [0, 0.05) is 5.56 Å². The van der Waals surface area contributed by atoms with Crippen LogP contribution in [0.1, 0.15) is 51.3 Å². The summed E-state index contributed by atoms with van der Waals surface area (Å²) in [5.74, 6) is 4.71. The Hall–Kier alpha value is -1.00. The molecule has 0 fully saturated rings. The van der Waals surface area contributed by atoms with Crippen LogP contribution in [-0.2, 0) is 0 Å². The first-order valence-electron chi connectivity index (χ1n) is 6.59. The Kier molecular flexibility index (Phi) is 5.04. The molecular formula is C15H24F2N2. The number of halogens is 2. The largest absolute Gasteiger partial charge is 0.271 e. The third kappa shape index (κ3) is 3.74. The molecule has 0 heterocycles. The number of hydrazine groups is 1. The fourth-order valence-electron chi connectivity index (χ4n) is 1.97. The number of nitrogens with two attached hydrogens (primary N) is 1. The van der Waals surface area contributed by atoms with E-state index in [1.807, 2.05) is 0 Å². The molecule has 0 bridgehead atoms. The molecule has 1 rings (SSSR count). The quantitative estimate of drug-likeness (QED) is 0.644. The van der Waals surface area contributed by atoms with Gasteiger partial charge in [0.05, 0.1) is 6.04 Å². The fourth-order valence-corrected chi connectivity index (χ4v) is 1.97. The van der Waals surface area contributed by atoms with Gasteiger partial charge in [0.2, 0.25) is 0 Å². The van der Waals surface area contributed by atoms with Gasteiger partial charge in [0.25, 0.3) is 0 Å². The van der Waals surface area contributed by atoms with E-state index in [2.05, 4.69) is 33.1 Å².